The van der Waals surface area contributed by atoms with Crippen molar-refractivity contribution in [2.75, 3.05) is 5.88 Å². The van der Waals surface area contributed by atoms with E-state index >= 15 is 0 Å². The molecule has 0 aromatic carbocycles. The minimum Gasteiger partial charge on any atom is -0.307 e. The molecule has 0 aliphatic heterocycles. The molecular formula is C13H11Cl2N3S. The maximum Gasteiger partial charge on any atom is 0.160 e. The molecule has 0 saturated heterocycles. The Morgan fingerprint density at radius 3 is 3.00 bits per heavy atom. The molecule has 0 radical (unpaired) electrons. The smallest absolute Gasteiger partial charge is 0.160 e. The number of alkyl halides is 1. The molecule has 0 atom stereocenters. The third-order valence-corrected chi connectivity index (χ3v) is 4.10. The molecule has 0 amide bonds. The number of pyridine rings is 1. The number of aromatic nitrogens is 3. The summed E-state index contributed by atoms with van der Waals surface area (Å²) in [5.41, 5.74) is 1.68. The molecule has 0 spiro atoms. The van der Waals surface area contributed by atoms with Crippen molar-refractivity contribution in [2.24, 2.45) is 0 Å². The molecule has 0 N–H and O–H groups in total. The van der Waals surface area contributed by atoms with E-state index < -0.39 is 0 Å². The first-order valence-electron chi connectivity index (χ1n) is 5.87. The predicted octanol–water partition coefficient (Wildman–Crippen LogP) is 3.98. The maximum atomic E-state index is 5.96. The average molecular weight is 312 g/mol. The van der Waals surface area contributed by atoms with Crippen molar-refractivity contribution in [1.82, 2.24) is 14.5 Å². The van der Waals surface area contributed by atoms with Gasteiger partial charge in [-0.15, -0.1) is 22.9 Å². The quantitative estimate of drug-likeness (QED) is 0.682. The van der Waals surface area contributed by atoms with Gasteiger partial charge in [-0.2, -0.15) is 0 Å². The third-order valence-electron chi connectivity index (χ3n) is 2.84. The SMILES string of the molecule is ClCCc1nc2cc(Cl)cnc2n1Cc1cccs1. The van der Waals surface area contributed by atoms with Crippen LogP contribution in [0.1, 0.15) is 10.7 Å². The highest BCUT2D eigenvalue weighted by molar-refractivity contribution is 7.09. The third kappa shape index (κ3) is 2.61. The molecule has 3 aromatic heterocycles. The number of aryl methyl sites for hydroxylation is 1. The largest absolute Gasteiger partial charge is 0.307 e. The molecule has 0 bridgehead atoms. The standard InChI is InChI=1S/C13H11Cl2N3S/c14-4-3-12-17-11-6-9(15)7-16-13(11)18(12)8-10-2-1-5-19-10/h1-2,5-7H,3-4,8H2. The first kappa shape index (κ1) is 12.9. The molecule has 0 fully saturated rings. The molecule has 98 valence electrons. The normalized spacial score (nSPS) is 11.3. The van der Waals surface area contributed by atoms with Gasteiger partial charge in [0.1, 0.15) is 11.3 Å². The molecule has 0 aliphatic carbocycles. The fourth-order valence-corrected chi connectivity index (χ4v) is 3.05. The summed E-state index contributed by atoms with van der Waals surface area (Å²) in [4.78, 5) is 10.2. The summed E-state index contributed by atoms with van der Waals surface area (Å²) >= 11 is 13.5. The summed E-state index contributed by atoms with van der Waals surface area (Å²) in [5.74, 6) is 1.50. The fourth-order valence-electron chi connectivity index (χ4n) is 2.03. The zero-order valence-corrected chi connectivity index (χ0v) is 12.3. The van der Waals surface area contributed by atoms with Gasteiger partial charge in [-0.05, 0) is 17.5 Å². The first-order chi connectivity index (χ1) is 9.28. The Labute approximate surface area is 124 Å². The summed E-state index contributed by atoms with van der Waals surface area (Å²) in [6.45, 7) is 0.773. The lowest BCUT2D eigenvalue weighted by atomic mass is 10.4. The second kappa shape index (κ2) is 5.49. The van der Waals surface area contributed by atoms with E-state index in [0.29, 0.717) is 10.9 Å². The van der Waals surface area contributed by atoms with Crippen LogP contribution >= 0.6 is 34.5 Å². The van der Waals surface area contributed by atoms with Crippen molar-refractivity contribution in [3.8, 4) is 0 Å². The lowest BCUT2D eigenvalue weighted by molar-refractivity contribution is 0.756. The van der Waals surface area contributed by atoms with Crippen LogP contribution in [0.5, 0.6) is 0 Å². The van der Waals surface area contributed by atoms with Gasteiger partial charge in [-0.25, -0.2) is 9.97 Å². The fraction of sp³-hybridized carbons (Fsp3) is 0.231. The lowest BCUT2D eigenvalue weighted by Crippen LogP contribution is -2.05. The van der Waals surface area contributed by atoms with Gasteiger partial charge in [0.15, 0.2) is 5.65 Å². The summed E-state index contributed by atoms with van der Waals surface area (Å²) in [7, 11) is 0. The van der Waals surface area contributed by atoms with Crippen LogP contribution in [-0.2, 0) is 13.0 Å². The van der Waals surface area contributed by atoms with Gasteiger partial charge in [0.05, 0.1) is 11.6 Å². The second-order valence-corrected chi connectivity index (χ2v) is 5.98. The Hall–Kier alpha value is -1.10. The number of rotatable bonds is 4. The zero-order valence-electron chi connectivity index (χ0n) is 10.0. The van der Waals surface area contributed by atoms with Crippen LogP contribution in [0.15, 0.2) is 29.8 Å². The van der Waals surface area contributed by atoms with E-state index in [-0.39, 0.29) is 0 Å². The van der Waals surface area contributed by atoms with E-state index in [9.17, 15) is 0 Å². The second-order valence-electron chi connectivity index (χ2n) is 4.13. The van der Waals surface area contributed by atoms with Crippen LogP contribution < -0.4 is 0 Å². The molecular weight excluding hydrogens is 301 g/mol. The van der Waals surface area contributed by atoms with E-state index in [1.165, 1.54) is 4.88 Å². The van der Waals surface area contributed by atoms with Crippen LogP contribution in [0.3, 0.4) is 0 Å². The Kier molecular flexibility index (Phi) is 3.73. The molecule has 3 nitrogen and oxygen atoms in total. The van der Waals surface area contributed by atoms with E-state index in [2.05, 4.69) is 26.0 Å². The number of halogens is 2. The van der Waals surface area contributed by atoms with Crippen LogP contribution in [0.4, 0.5) is 0 Å². The number of nitrogens with zero attached hydrogens (tertiary/aromatic N) is 3. The Bertz CT molecular complexity index is 691. The van der Waals surface area contributed by atoms with Gasteiger partial charge in [0, 0.05) is 23.4 Å². The topological polar surface area (TPSA) is 30.7 Å². The number of thiophene rings is 1. The molecule has 3 rings (SSSR count). The van der Waals surface area contributed by atoms with Crippen LogP contribution in [0.2, 0.25) is 5.02 Å². The molecule has 0 saturated carbocycles. The minimum absolute atomic E-state index is 0.543. The molecule has 0 unspecified atom stereocenters. The monoisotopic (exact) mass is 311 g/mol. The molecule has 6 heteroatoms. The van der Waals surface area contributed by atoms with Gasteiger partial charge in [-0.3, -0.25) is 0 Å². The van der Waals surface area contributed by atoms with Crippen molar-refractivity contribution in [3.63, 3.8) is 0 Å². The van der Waals surface area contributed by atoms with Crippen molar-refractivity contribution < 1.29 is 0 Å². The van der Waals surface area contributed by atoms with Crippen LogP contribution in [-0.4, -0.2) is 20.4 Å². The summed E-state index contributed by atoms with van der Waals surface area (Å²) < 4.78 is 2.11. The zero-order chi connectivity index (χ0) is 13.2. The molecule has 19 heavy (non-hydrogen) atoms. The number of hydrogen-bond acceptors (Lipinski definition) is 3. The highest BCUT2D eigenvalue weighted by Crippen LogP contribution is 2.21. The number of hydrogen-bond donors (Lipinski definition) is 0. The Morgan fingerprint density at radius 1 is 1.37 bits per heavy atom. The van der Waals surface area contributed by atoms with Crippen molar-refractivity contribution in [3.05, 3.63) is 45.5 Å². The van der Waals surface area contributed by atoms with Crippen molar-refractivity contribution >= 4 is 45.7 Å². The molecule has 3 aromatic rings. The van der Waals surface area contributed by atoms with Gasteiger partial charge in [0.2, 0.25) is 0 Å². The number of fused-ring (bicyclic) bond motifs is 1. The number of imidazole rings is 1. The molecule has 3 heterocycles. The van der Waals surface area contributed by atoms with E-state index in [0.717, 1.165) is 30.0 Å². The lowest BCUT2D eigenvalue weighted by Gasteiger charge is -2.06. The van der Waals surface area contributed by atoms with E-state index in [1.54, 1.807) is 17.5 Å². The van der Waals surface area contributed by atoms with Crippen LogP contribution in [0.25, 0.3) is 11.2 Å². The summed E-state index contributed by atoms with van der Waals surface area (Å²) in [5, 5.41) is 2.67. The van der Waals surface area contributed by atoms with Gasteiger partial charge in [-0.1, -0.05) is 17.7 Å². The predicted molar refractivity (Wildman–Crippen MR) is 80.4 cm³/mol. The van der Waals surface area contributed by atoms with E-state index in [4.69, 9.17) is 23.2 Å². The molecule has 0 aliphatic rings. The maximum absolute atomic E-state index is 5.96. The van der Waals surface area contributed by atoms with Crippen molar-refractivity contribution in [1.29, 1.82) is 0 Å². The average Bonchev–Trinajstić information content (AvgIpc) is 2.99. The highest BCUT2D eigenvalue weighted by atomic mass is 35.5. The Balaban J connectivity index is 2.10. The summed E-state index contributed by atoms with van der Waals surface area (Å²) in [6.07, 6.45) is 2.38. The first-order valence-corrected chi connectivity index (χ1v) is 7.66. The highest BCUT2D eigenvalue weighted by Gasteiger charge is 2.12. The van der Waals surface area contributed by atoms with Crippen LogP contribution in [0, 0.1) is 0 Å². The van der Waals surface area contributed by atoms with Crippen molar-refractivity contribution in [2.45, 2.75) is 13.0 Å². The van der Waals surface area contributed by atoms with Gasteiger partial charge >= 0.3 is 0 Å². The Morgan fingerprint density at radius 2 is 2.26 bits per heavy atom. The van der Waals surface area contributed by atoms with Gasteiger partial charge < -0.3 is 4.57 Å². The summed E-state index contributed by atoms with van der Waals surface area (Å²) in [6, 6.07) is 5.99. The van der Waals surface area contributed by atoms with E-state index in [1.807, 2.05) is 12.1 Å². The van der Waals surface area contributed by atoms with Gasteiger partial charge in [0.25, 0.3) is 0 Å². The minimum atomic E-state index is 0.543.